The van der Waals surface area contributed by atoms with Gasteiger partial charge in [0.15, 0.2) is 5.69 Å². The van der Waals surface area contributed by atoms with E-state index >= 15 is 0 Å². The van der Waals surface area contributed by atoms with E-state index in [2.05, 4.69) is 10.3 Å². The number of aryl methyl sites for hydroxylation is 1. The molecule has 5 heteroatoms. The minimum atomic E-state index is -1.10. The van der Waals surface area contributed by atoms with Crippen LogP contribution < -0.4 is 5.32 Å². The summed E-state index contributed by atoms with van der Waals surface area (Å²) < 4.78 is 5.05. The third-order valence-electron chi connectivity index (χ3n) is 2.72. The quantitative estimate of drug-likeness (QED) is 0.867. The van der Waals surface area contributed by atoms with E-state index in [0.717, 1.165) is 17.4 Å². The Labute approximate surface area is 104 Å². The second kappa shape index (κ2) is 4.91. The van der Waals surface area contributed by atoms with E-state index in [1.807, 2.05) is 38.1 Å². The number of rotatable bonds is 4. The van der Waals surface area contributed by atoms with E-state index in [0.29, 0.717) is 0 Å². The second-order valence-electron chi connectivity index (χ2n) is 4.07. The standard InChI is InChI=1S/C13H14N2O3/c1-8-5-3-4-6-10(8)9(2)14-13-15-11(7-18-13)12(16)17/h3-7,9H,1-2H3,(H,14,15)(H,16,17). The van der Waals surface area contributed by atoms with Gasteiger partial charge < -0.3 is 14.8 Å². The average Bonchev–Trinajstić information content (AvgIpc) is 2.78. The minimum absolute atomic E-state index is 0.00788. The molecule has 0 aliphatic rings. The molecule has 1 aromatic heterocycles. The van der Waals surface area contributed by atoms with Crippen LogP contribution in [0.3, 0.4) is 0 Å². The van der Waals surface area contributed by atoms with Gasteiger partial charge >= 0.3 is 5.97 Å². The van der Waals surface area contributed by atoms with Crippen molar-refractivity contribution in [2.24, 2.45) is 0 Å². The number of hydrogen-bond donors (Lipinski definition) is 2. The molecular formula is C13H14N2O3. The highest BCUT2D eigenvalue weighted by Crippen LogP contribution is 2.21. The highest BCUT2D eigenvalue weighted by atomic mass is 16.4. The molecule has 0 fully saturated rings. The maximum Gasteiger partial charge on any atom is 0.357 e. The SMILES string of the molecule is Cc1ccccc1C(C)Nc1nc(C(=O)O)co1. The van der Waals surface area contributed by atoms with Crippen molar-refractivity contribution in [2.45, 2.75) is 19.9 Å². The van der Waals surface area contributed by atoms with E-state index in [-0.39, 0.29) is 17.8 Å². The third-order valence-corrected chi connectivity index (χ3v) is 2.72. The summed E-state index contributed by atoms with van der Waals surface area (Å²) in [6.07, 6.45) is 1.12. The fourth-order valence-corrected chi connectivity index (χ4v) is 1.77. The molecule has 94 valence electrons. The van der Waals surface area contributed by atoms with Crippen LogP contribution in [-0.4, -0.2) is 16.1 Å². The lowest BCUT2D eigenvalue weighted by Gasteiger charge is -2.14. The molecule has 18 heavy (non-hydrogen) atoms. The molecule has 0 aliphatic carbocycles. The van der Waals surface area contributed by atoms with Gasteiger partial charge in [0.05, 0.1) is 6.04 Å². The molecule has 0 radical (unpaired) electrons. The number of aromatic nitrogens is 1. The van der Waals surface area contributed by atoms with Crippen LogP contribution in [0.1, 0.15) is 34.6 Å². The first kappa shape index (κ1) is 12.2. The second-order valence-corrected chi connectivity index (χ2v) is 4.07. The highest BCUT2D eigenvalue weighted by molar-refractivity contribution is 5.85. The number of anilines is 1. The number of hydrogen-bond acceptors (Lipinski definition) is 4. The van der Waals surface area contributed by atoms with Gasteiger partial charge in [-0.3, -0.25) is 0 Å². The van der Waals surface area contributed by atoms with Gasteiger partial charge in [0.25, 0.3) is 6.01 Å². The number of nitrogens with zero attached hydrogens (tertiary/aromatic N) is 1. The predicted molar refractivity (Wildman–Crippen MR) is 66.7 cm³/mol. The van der Waals surface area contributed by atoms with E-state index < -0.39 is 5.97 Å². The summed E-state index contributed by atoms with van der Waals surface area (Å²) >= 11 is 0. The molecule has 1 aromatic carbocycles. The molecule has 0 saturated heterocycles. The van der Waals surface area contributed by atoms with E-state index in [1.165, 1.54) is 0 Å². The van der Waals surface area contributed by atoms with Crippen LogP contribution in [0.5, 0.6) is 0 Å². The fraction of sp³-hybridized carbons (Fsp3) is 0.231. The average molecular weight is 246 g/mol. The van der Waals surface area contributed by atoms with Crippen molar-refractivity contribution in [1.29, 1.82) is 0 Å². The van der Waals surface area contributed by atoms with Crippen LogP contribution in [0.4, 0.5) is 6.01 Å². The molecule has 0 saturated carbocycles. The van der Waals surface area contributed by atoms with Crippen molar-refractivity contribution < 1.29 is 14.3 Å². The van der Waals surface area contributed by atoms with Crippen molar-refractivity contribution in [3.05, 3.63) is 47.3 Å². The van der Waals surface area contributed by atoms with Gasteiger partial charge in [-0.15, -0.1) is 0 Å². The van der Waals surface area contributed by atoms with Crippen molar-refractivity contribution in [3.63, 3.8) is 0 Å². The van der Waals surface area contributed by atoms with Gasteiger partial charge in [-0.05, 0) is 25.0 Å². The zero-order valence-corrected chi connectivity index (χ0v) is 10.2. The van der Waals surface area contributed by atoms with Crippen molar-refractivity contribution in [2.75, 3.05) is 5.32 Å². The third kappa shape index (κ3) is 2.51. The minimum Gasteiger partial charge on any atom is -0.476 e. The Hall–Kier alpha value is -2.30. The van der Waals surface area contributed by atoms with Crippen LogP contribution in [0.25, 0.3) is 0 Å². The Balaban J connectivity index is 2.13. The molecule has 1 unspecified atom stereocenters. The lowest BCUT2D eigenvalue weighted by Crippen LogP contribution is -2.08. The molecule has 0 aliphatic heterocycles. The van der Waals surface area contributed by atoms with Crippen molar-refractivity contribution in [3.8, 4) is 0 Å². The number of carboxylic acid groups (broad SMARTS) is 1. The first-order valence-corrected chi connectivity index (χ1v) is 5.59. The van der Waals surface area contributed by atoms with Gasteiger partial charge in [0.2, 0.25) is 0 Å². The molecule has 1 atom stereocenters. The molecule has 0 amide bonds. The molecule has 0 spiro atoms. The molecule has 0 bridgehead atoms. The Kier molecular flexibility index (Phi) is 3.32. The van der Waals surface area contributed by atoms with Gasteiger partial charge in [-0.25, -0.2) is 4.79 Å². The lowest BCUT2D eigenvalue weighted by atomic mass is 10.0. The summed E-state index contributed by atoms with van der Waals surface area (Å²) in [7, 11) is 0. The Bertz CT molecular complexity index is 563. The topological polar surface area (TPSA) is 75.4 Å². The monoisotopic (exact) mass is 246 g/mol. The van der Waals surface area contributed by atoms with Crippen LogP contribution in [-0.2, 0) is 0 Å². The summed E-state index contributed by atoms with van der Waals surface area (Å²) in [5.74, 6) is -1.10. The summed E-state index contributed by atoms with van der Waals surface area (Å²) in [5, 5.41) is 11.8. The van der Waals surface area contributed by atoms with Crippen molar-refractivity contribution in [1.82, 2.24) is 4.98 Å². The molecular weight excluding hydrogens is 232 g/mol. The Morgan fingerprint density at radius 1 is 1.44 bits per heavy atom. The summed E-state index contributed by atoms with van der Waals surface area (Å²) in [5.41, 5.74) is 2.17. The first-order valence-electron chi connectivity index (χ1n) is 5.59. The summed E-state index contributed by atoms with van der Waals surface area (Å²) in [6.45, 7) is 3.98. The van der Waals surface area contributed by atoms with E-state index in [1.54, 1.807) is 0 Å². The van der Waals surface area contributed by atoms with Gasteiger partial charge in [-0.2, -0.15) is 4.98 Å². The van der Waals surface area contributed by atoms with E-state index in [4.69, 9.17) is 9.52 Å². The van der Waals surface area contributed by atoms with Gasteiger partial charge in [-0.1, -0.05) is 24.3 Å². The molecule has 2 rings (SSSR count). The zero-order valence-electron chi connectivity index (χ0n) is 10.2. The maximum atomic E-state index is 10.7. The number of oxazole rings is 1. The predicted octanol–water partition coefficient (Wildman–Crippen LogP) is 2.85. The number of carbonyl (C=O) groups is 1. The molecule has 5 nitrogen and oxygen atoms in total. The largest absolute Gasteiger partial charge is 0.476 e. The number of carboxylic acids is 1. The molecule has 2 N–H and O–H groups in total. The molecule has 2 aromatic rings. The lowest BCUT2D eigenvalue weighted by molar-refractivity contribution is 0.0690. The van der Waals surface area contributed by atoms with Crippen LogP contribution in [0.2, 0.25) is 0 Å². The Morgan fingerprint density at radius 2 is 2.17 bits per heavy atom. The summed E-state index contributed by atoms with van der Waals surface area (Å²) in [6, 6.07) is 8.16. The number of benzene rings is 1. The van der Waals surface area contributed by atoms with Gasteiger partial charge in [0, 0.05) is 0 Å². The van der Waals surface area contributed by atoms with Crippen LogP contribution in [0, 0.1) is 6.92 Å². The van der Waals surface area contributed by atoms with Crippen LogP contribution >= 0.6 is 0 Å². The molecule has 1 heterocycles. The summed E-state index contributed by atoms with van der Waals surface area (Å²) in [4.78, 5) is 14.5. The van der Waals surface area contributed by atoms with Crippen LogP contribution in [0.15, 0.2) is 34.9 Å². The number of aromatic carboxylic acids is 1. The number of nitrogens with one attached hydrogen (secondary N) is 1. The van der Waals surface area contributed by atoms with Gasteiger partial charge in [0.1, 0.15) is 6.26 Å². The first-order chi connectivity index (χ1) is 8.58. The highest BCUT2D eigenvalue weighted by Gasteiger charge is 2.13. The normalized spacial score (nSPS) is 12.1. The van der Waals surface area contributed by atoms with E-state index in [9.17, 15) is 4.79 Å². The zero-order chi connectivity index (χ0) is 13.1. The van der Waals surface area contributed by atoms with Crippen molar-refractivity contribution >= 4 is 12.0 Å². The fourth-order valence-electron chi connectivity index (χ4n) is 1.77. The Morgan fingerprint density at radius 3 is 2.78 bits per heavy atom. The maximum absolute atomic E-state index is 10.7. The smallest absolute Gasteiger partial charge is 0.357 e.